The Morgan fingerprint density at radius 1 is 1.12 bits per heavy atom. The van der Waals surface area contributed by atoms with E-state index in [4.69, 9.17) is 11.5 Å². The monoisotopic (exact) mass is 339 g/mol. The highest BCUT2D eigenvalue weighted by Crippen LogP contribution is 2.40. The van der Waals surface area contributed by atoms with Crippen LogP contribution in [-0.2, 0) is 12.7 Å². The Kier molecular flexibility index (Phi) is 4.69. The summed E-state index contributed by atoms with van der Waals surface area (Å²) in [5.74, 6) is 0.163. The molecule has 3 rings (SSSR count). The van der Waals surface area contributed by atoms with E-state index in [1.165, 1.54) is 0 Å². The van der Waals surface area contributed by atoms with Crippen LogP contribution in [0.5, 0.6) is 0 Å². The van der Waals surface area contributed by atoms with Crippen LogP contribution in [0.4, 0.5) is 13.2 Å². The Labute approximate surface area is 138 Å². The fraction of sp³-hybridized carbons (Fsp3) is 0.562. The first-order valence-electron chi connectivity index (χ1n) is 8.04. The fourth-order valence-corrected chi connectivity index (χ4v) is 3.60. The van der Waals surface area contributed by atoms with Crippen molar-refractivity contribution in [1.82, 2.24) is 0 Å². The van der Waals surface area contributed by atoms with Gasteiger partial charge in [0.2, 0.25) is 0 Å². The second-order valence-electron chi connectivity index (χ2n) is 6.31. The van der Waals surface area contributed by atoms with Gasteiger partial charge in [-0.2, -0.15) is 18.3 Å². The summed E-state index contributed by atoms with van der Waals surface area (Å²) in [4.78, 5) is 0. The normalized spacial score (nSPS) is 24.3. The lowest BCUT2D eigenvalue weighted by atomic mass is 9.77. The zero-order chi connectivity index (χ0) is 17.3. The zero-order valence-corrected chi connectivity index (χ0v) is 13.2. The number of hydrogen-bond donors (Lipinski definition) is 2. The van der Waals surface area contributed by atoms with Crippen LogP contribution in [0.1, 0.15) is 53.9 Å². The first-order valence-corrected chi connectivity index (χ1v) is 8.04. The topological polar surface area (TPSA) is 89.1 Å². The van der Waals surface area contributed by atoms with Crippen molar-refractivity contribution < 1.29 is 13.2 Å². The molecule has 0 aromatic heterocycles. The fourth-order valence-electron chi connectivity index (χ4n) is 3.60. The molecule has 130 valence electrons. The molecule has 1 fully saturated rings. The molecule has 0 saturated heterocycles. The van der Waals surface area contributed by atoms with E-state index in [9.17, 15) is 13.2 Å². The van der Waals surface area contributed by atoms with Crippen molar-refractivity contribution in [2.45, 2.75) is 50.4 Å². The molecule has 0 bridgehead atoms. The van der Waals surface area contributed by atoms with Gasteiger partial charge >= 0.3 is 6.18 Å². The summed E-state index contributed by atoms with van der Waals surface area (Å²) in [5.41, 5.74) is 12.8. The van der Waals surface area contributed by atoms with Crippen LogP contribution in [0.15, 0.2) is 27.6 Å². The largest absolute Gasteiger partial charge is 0.416 e. The van der Waals surface area contributed by atoms with E-state index in [1.54, 1.807) is 6.07 Å². The van der Waals surface area contributed by atoms with E-state index in [0.717, 1.165) is 37.3 Å². The van der Waals surface area contributed by atoms with Crippen LogP contribution in [-0.4, -0.2) is 18.3 Å². The van der Waals surface area contributed by atoms with Gasteiger partial charge in [-0.25, -0.2) is 0 Å². The molecule has 4 N–H and O–H groups in total. The van der Waals surface area contributed by atoms with E-state index in [-0.39, 0.29) is 30.6 Å². The minimum Gasteiger partial charge on any atom is -0.328 e. The van der Waals surface area contributed by atoms with Crippen molar-refractivity contribution in [3.63, 3.8) is 0 Å². The standard InChI is InChI=1S/C16H20F3N5/c17-16(18,19)13-6-5-11(9-1-3-10(21)4-2-9)15(12(13)7-20)14-8-22-24-23-14/h5-6,9-10H,1-4,7-8,20-21H2. The highest BCUT2D eigenvalue weighted by Gasteiger charge is 2.36. The van der Waals surface area contributed by atoms with Crippen molar-refractivity contribution in [3.05, 3.63) is 34.4 Å². The van der Waals surface area contributed by atoms with Crippen LogP contribution >= 0.6 is 0 Å². The molecule has 1 aliphatic carbocycles. The molecule has 8 heteroatoms. The molecule has 1 aromatic rings. The number of hydrogen-bond acceptors (Lipinski definition) is 5. The average Bonchev–Trinajstić information content (AvgIpc) is 3.07. The number of alkyl halides is 3. The Morgan fingerprint density at radius 2 is 1.83 bits per heavy atom. The molecule has 1 heterocycles. The van der Waals surface area contributed by atoms with Crippen LogP contribution in [0.2, 0.25) is 0 Å². The zero-order valence-electron chi connectivity index (χ0n) is 13.2. The van der Waals surface area contributed by atoms with Gasteiger partial charge in [-0.3, -0.25) is 0 Å². The van der Waals surface area contributed by atoms with Gasteiger partial charge < -0.3 is 11.5 Å². The number of rotatable bonds is 3. The van der Waals surface area contributed by atoms with E-state index in [1.807, 2.05) is 0 Å². The smallest absolute Gasteiger partial charge is 0.328 e. The van der Waals surface area contributed by atoms with Gasteiger partial charge in [0.1, 0.15) is 6.54 Å². The molecule has 1 saturated carbocycles. The van der Waals surface area contributed by atoms with Gasteiger partial charge in [0.25, 0.3) is 0 Å². The van der Waals surface area contributed by atoms with Crippen molar-refractivity contribution >= 4 is 5.71 Å². The summed E-state index contributed by atoms with van der Waals surface area (Å²) in [7, 11) is 0. The molecule has 0 amide bonds. The van der Waals surface area contributed by atoms with Gasteiger partial charge in [0.15, 0.2) is 0 Å². The lowest BCUT2D eigenvalue weighted by Crippen LogP contribution is -2.27. The lowest BCUT2D eigenvalue weighted by Gasteiger charge is -2.29. The lowest BCUT2D eigenvalue weighted by molar-refractivity contribution is -0.138. The molecule has 0 spiro atoms. The third kappa shape index (κ3) is 3.21. The number of nitrogens with zero attached hydrogens (tertiary/aromatic N) is 3. The summed E-state index contributed by atoms with van der Waals surface area (Å²) in [5, 5.41) is 11.3. The highest BCUT2D eigenvalue weighted by molar-refractivity contribution is 6.05. The van der Waals surface area contributed by atoms with Gasteiger partial charge in [-0.1, -0.05) is 6.07 Å². The van der Waals surface area contributed by atoms with Gasteiger partial charge in [0, 0.05) is 18.2 Å². The van der Waals surface area contributed by atoms with Crippen LogP contribution < -0.4 is 11.5 Å². The van der Waals surface area contributed by atoms with Crippen molar-refractivity contribution in [3.8, 4) is 0 Å². The molecular weight excluding hydrogens is 319 g/mol. The minimum absolute atomic E-state index is 0.0842. The second kappa shape index (κ2) is 6.60. The Balaban J connectivity index is 2.11. The summed E-state index contributed by atoms with van der Waals surface area (Å²) < 4.78 is 40.1. The van der Waals surface area contributed by atoms with Crippen LogP contribution in [0.25, 0.3) is 0 Å². The number of halogens is 3. The van der Waals surface area contributed by atoms with Gasteiger partial charge in [0.05, 0.1) is 11.3 Å². The Hall–Kier alpha value is -1.80. The molecule has 1 aromatic carbocycles. The van der Waals surface area contributed by atoms with Gasteiger partial charge in [-0.15, -0.1) is 5.10 Å². The molecule has 1 aliphatic heterocycles. The average molecular weight is 339 g/mol. The molecule has 0 unspecified atom stereocenters. The molecule has 24 heavy (non-hydrogen) atoms. The third-order valence-corrected chi connectivity index (χ3v) is 4.80. The van der Waals surface area contributed by atoms with Crippen LogP contribution in [0, 0.1) is 0 Å². The molecule has 5 nitrogen and oxygen atoms in total. The maximum Gasteiger partial charge on any atom is 0.416 e. The second-order valence-corrected chi connectivity index (χ2v) is 6.31. The van der Waals surface area contributed by atoms with E-state index >= 15 is 0 Å². The summed E-state index contributed by atoms with van der Waals surface area (Å²) in [6.45, 7) is -0.0170. The van der Waals surface area contributed by atoms with Crippen molar-refractivity contribution in [2.24, 2.45) is 26.9 Å². The molecular formula is C16H20F3N5. The van der Waals surface area contributed by atoms with E-state index < -0.39 is 11.7 Å². The SMILES string of the molecule is NCc1c(C(F)(F)F)ccc(C2CCC(N)CC2)c1C1=NN=NC1. The van der Waals surface area contributed by atoms with E-state index in [2.05, 4.69) is 15.4 Å². The first-order chi connectivity index (χ1) is 11.4. The minimum atomic E-state index is -4.45. The Morgan fingerprint density at radius 3 is 2.38 bits per heavy atom. The number of nitrogens with two attached hydrogens (primary N) is 2. The summed E-state index contributed by atoms with van der Waals surface area (Å²) in [6.07, 6.45) is -1.02. The summed E-state index contributed by atoms with van der Waals surface area (Å²) in [6, 6.07) is 2.88. The Bertz CT molecular complexity index is 673. The van der Waals surface area contributed by atoms with Crippen LogP contribution in [0.3, 0.4) is 0 Å². The molecule has 2 aliphatic rings. The molecule has 0 atom stereocenters. The van der Waals surface area contributed by atoms with Crippen molar-refractivity contribution in [1.29, 1.82) is 0 Å². The highest BCUT2D eigenvalue weighted by atomic mass is 19.4. The van der Waals surface area contributed by atoms with Crippen molar-refractivity contribution in [2.75, 3.05) is 6.54 Å². The maximum atomic E-state index is 13.4. The van der Waals surface area contributed by atoms with Gasteiger partial charge in [-0.05, 0) is 54.0 Å². The maximum absolute atomic E-state index is 13.4. The predicted molar refractivity (Wildman–Crippen MR) is 84.8 cm³/mol. The summed E-state index contributed by atoms with van der Waals surface area (Å²) >= 11 is 0. The first kappa shape index (κ1) is 17.0. The predicted octanol–water partition coefficient (Wildman–Crippen LogP) is 3.32. The van der Waals surface area contributed by atoms with E-state index in [0.29, 0.717) is 11.3 Å². The quantitative estimate of drug-likeness (QED) is 0.884. The number of benzene rings is 1. The third-order valence-electron chi connectivity index (χ3n) is 4.80. The molecule has 0 radical (unpaired) electrons.